The summed E-state index contributed by atoms with van der Waals surface area (Å²) in [6.45, 7) is 0. The van der Waals surface area contributed by atoms with Gasteiger partial charge in [0.1, 0.15) is 5.82 Å². The molecule has 3 heteroatoms. The third-order valence-electron chi connectivity index (χ3n) is 4.69. The van der Waals surface area contributed by atoms with Gasteiger partial charge in [0.25, 0.3) is 0 Å². The Morgan fingerprint density at radius 2 is 1.14 bits per heavy atom. The fourth-order valence-electron chi connectivity index (χ4n) is 3.44. The molecule has 0 unspecified atom stereocenters. The van der Waals surface area contributed by atoms with Crippen molar-refractivity contribution in [2.45, 2.75) is 9.64 Å². The molecule has 0 aliphatic rings. The lowest BCUT2D eigenvalue weighted by molar-refractivity contribution is 0.626. The number of thioether (sulfide) groups is 1. The molecule has 138 valence electrons. The van der Waals surface area contributed by atoms with E-state index in [0.29, 0.717) is 5.02 Å². The van der Waals surface area contributed by atoms with E-state index in [-0.39, 0.29) is 5.82 Å². The summed E-state index contributed by atoms with van der Waals surface area (Å²) in [5.74, 6) is -0.339. The van der Waals surface area contributed by atoms with Gasteiger partial charge in [-0.25, -0.2) is 4.39 Å². The van der Waals surface area contributed by atoms with Crippen LogP contribution in [0.2, 0.25) is 5.02 Å². The van der Waals surface area contributed by atoms with E-state index in [2.05, 4.69) is 36.4 Å². The van der Waals surface area contributed by atoms with Crippen LogP contribution in [0, 0.1) is 5.82 Å². The highest BCUT2D eigenvalue weighted by Crippen LogP contribution is 2.53. The maximum atomic E-state index is 13.9. The Hall–Kier alpha value is -2.55. The third kappa shape index (κ3) is 3.58. The summed E-state index contributed by atoms with van der Waals surface area (Å²) < 4.78 is 13.3. The first-order valence-corrected chi connectivity index (χ1v) is 10.2. The van der Waals surface area contributed by atoms with Gasteiger partial charge in [-0.1, -0.05) is 96.5 Å². The zero-order valence-electron chi connectivity index (χ0n) is 15.1. The molecular formula is C25H18ClFS. The van der Waals surface area contributed by atoms with Gasteiger partial charge in [0.2, 0.25) is 0 Å². The van der Waals surface area contributed by atoms with Crippen LogP contribution in [0.1, 0.15) is 16.7 Å². The Morgan fingerprint density at radius 1 is 0.643 bits per heavy atom. The van der Waals surface area contributed by atoms with Crippen molar-refractivity contribution in [3.8, 4) is 0 Å². The summed E-state index contributed by atoms with van der Waals surface area (Å²) in [7, 11) is 0. The SMILES string of the molecule is Fc1ccc(C(Sc2ccccc2)(c2ccccc2)c2ccccc2)c(Cl)c1. The quantitative estimate of drug-likeness (QED) is 0.244. The van der Waals surface area contributed by atoms with Gasteiger partial charge in [-0.2, -0.15) is 0 Å². The van der Waals surface area contributed by atoms with Crippen molar-refractivity contribution in [1.82, 2.24) is 0 Å². The van der Waals surface area contributed by atoms with Crippen LogP contribution < -0.4 is 0 Å². The molecule has 4 aromatic rings. The van der Waals surface area contributed by atoms with E-state index in [1.165, 1.54) is 12.1 Å². The van der Waals surface area contributed by atoms with E-state index in [9.17, 15) is 4.39 Å². The highest BCUT2D eigenvalue weighted by molar-refractivity contribution is 8.00. The Kier molecular flexibility index (Phi) is 5.52. The second-order valence-corrected chi connectivity index (χ2v) is 8.15. The highest BCUT2D eigenvalue weighted by Gasteiger charge is 2.39. The minimum Gasteiger partial charge on any atom is -0.207 e. The Morgan fingerprint density at radius 3 is 1.64 bits per heavy atom. The molecule has 4 rings (SSSR count). The molecule has 4 aromatic carbocycles. The molecule has 28 heavy (non-hydrogen) atoms. The molecule has 0 aliphatic carbocycles. The maximum absolute atomic E-state index is 13.9. The van der Waals surface area contributed by atoms with E-state index in [0.717, 1.165) is 21.6 Å². The van der Waals surface area contributed by atoms with Gasteiger partial charge in [-0.3, -0.25) is 0 Å². The average Bonchev–Trinajstić information content (AvgIpc) is 2.74. The fourth-order valence-corrected chi connectivity index (χ4v) is 5.24. The molecule has 0 saturated heterocycles. The molecule has 0 aliphatic heterocycles. The van der Waals surface area contributed by atoms with Crippen LogP contribution in [0.3, 0.4) is 0 Å². The summed E-state index contributed by atoms with van der Waals surface area (Å²) in [4.78, 5) is 1.11. The van der Waals surface area contributed by atoms with Crippen LogP contribution in [0.15, 0.2) is 114 Å². The molecule has 0 bridgehead atoms. The Bertz CT molecular complexity index is 1010. The van der Waals surface area contributed by atoms with Crippen LogP contribution in [-0.4, -0.2) is 0 Å². The molecule has 0 nitrogen and oxygen atoms in total. The number of halogens is 2. The molecule has 0 N–H and O–H groups in total. The second-order valence-electron chi connectivity index (χ2n) is 6.45. The van der Waals surface area contributed by atoms with Crippen LogP contribution in [0.4, 0.5) is 4.39 Å². The topological polar surface area (TPSA) is 0 Å². The molecule has 0 atom stereocenters. The van der Waals surface area contributed by atoms with Gasteiger partial charge in [0, 0.05) is 9.92 Å². The Balaban J connectivity index is 2.05. The number of benzene rings is 4. The van der Waals surface area contributed by atoms with Crippen molar-refractivity contribution in [2.75, 3.05) is 0 Å². The van der Waals surface area contributed by atoms with Crippen molar-refractivity contribution >= 4 is 23.4 Å². The standard InChI is InChI=1S/C25H18ClFS/c26-24-18-21(27)16-17-23(24)25(19-10-4-1-5-11-19,20-12-6-2-7-13-20)28-22-14-8-3-9-15-22/h1-18H. The Labute approximate surface area is 174 Å². The monoisotopic (exact) mass is 404 g/mol. The summed E-state index contributed by atoms with van der Waals surface area (Å²) >= 11 is 8.34. The molecule has 0 amide bonds. The second kappa shape index (κ2) is 8.22. The predicted molar refractivity (Wildman–Crippen MR) is 116 cm³/mol. The van der Waals surface area contributed by atoms with Crippen LogP contribution in [0.25, 0.3) is 0 Å². The lowest BCUT2D eigenvalue weighted by atomic mass is 9.84. The maximum Gasteiger partial charge on any atom is 0.124 e. The molecule has 0 spiro atoms. The smallest absolute Gasteiger partial charge is 0.124 e. The average molecular weight is 405 g/mol. The van der Waals surface area contributed by atoms with Crippen molar-refractivity contribution < 1.29 is 4.39 Å². The number of rotatable bonds is 5. The normalized spacial score (nSPS) is 11.4. The first-order valence-electron chi connectivity index (χ1n) is 9.01. The minimum atomic E-state index is -0.616. The molecule has 0 radical (unpaired) electrons. The van der Waals surface area contributed by atoms with Gasteiger partial charge in [-0.05, 0) is 41.0 Å². The van der Waals surface area contributed by atoms with E-state index >= 15 is 0 Å². The molecular weight excluding hydrogens is 387 g/mol. The predicted octanol–water partition coefficient (Wildman–Crippen LogP) is 7.56. The zero-order chi connectivity index (χ0) is 19.4. The van der Waals surface area contributed by atoms with Crippen molar-refractivity contribution in [1.29, 1.82) is 0 Å². The van der Waals surface area contributed by atoms with E-state index < -0.39 is 4.75 Å². The number of hydrogen-bond acceptors (Lipinski definition) is 1. The van der Waals surface area contributed by atoms with E-state index in [1.807, 2.05) is 54.6 Å². The summed E-state index contributed by atoms with van der Waals surface area (Å²) in [6.07, 6.45) is 0. The van der Waals surface area contributed by atoms with Crippen LogP contribution in [-0.2, 0) is 4.75 Å². The first-order chi connectivity index (χ1) is 13.7. The summed E-state index contributed by atoms with van der Waals surface area (Å²) in [6, 6.07) is 35.4. The first kappa shape index (κ1) is 18.8. The van der Waals surface area contributed by atoms with Crippen LogP contribution in [0.5, 0.6) is 0 Å². The minimum absolute atomic E-state index is 0.339. The van der Waals surface area contributed by atoms with Gasteiger partial charge < -0.3 is 0 Å². The zero-order valence-corrected chi connectivity index (χ0v) is 16.6. The van der Waals surface area contributed by atoms with Crippen molar-refractivity contribution in [2.24, 2.45) is 0 Å². The lowest BCUT2D eigenvalue weighted by Crippen LogP contribution is -2.26. The number of hydrogen-bond donors (Lipinski definition) is 0. The van der Waals surface area contributed by atoms with Gasteiger partial charge >= 0.3 is 0 Å². The van der Waals surface area contributed by atoms with Crippen molar-refractivity contribution in [3.63, 3.8) is 0 Å². The molecule has 0 fully saturated rings. The summed E-state index contributed by atoms with van der Waals surface area (Å²) in [5, 5.41) is 0.413. The highest BCUT2D eigenvalue weighted by atomic mass is 35.5. The fraction of sp³-hybridized carbons (Fsp3) is 0.0400. The third-order valence-corrected chi connectivity index (χ3v) is 6.50. The van der Waals surface area contributed by atoms with E-state index in [1.54, 1.807) is 17.8 Å². The van der Waals surface area contributed by atoms with Gasteiger partial charge in [0.05, 0.1) is 4.75 Å². The summed E-state index contributed by atoms with van der Waals surface area (Å²) in [5.41, 5.74) is 3.04. The van der Waals surface area contributed by atoms with Crippen LogP contribution >= 0.6 is 23.4 Å². The van der Waals surface area contributed by atoms with E-state index in [4.69, 9.17) is 11.6 Å². The molecule has 0 saturated carbocycles. The largest absolute Gasteiger partial charge is 0.207 e. The van der Waals surface area contributed by atoms with Gasteiger partial charge in [0.15, 0.2) is 0 Å². The lowest BCUT2D eigenvalue weighted by Gasteiger charge is -2.36. The molecule has 0 heterocycles. The van der Waals surface area contributed by atoms with Crippen molar-refractivity contribution in [3.05, 3.63) is 137 Å². The molecule has 0 aromatic heterocycles. The van der Waals surface area contributed by atoms with Gasteiger partial charge in [-0.15, -0.1) is 11.8 Å².